The fourth-order valence-corrected chi connectivity index (χ4v) is 2.17. The van der Waals surface area contributed by atoms with Gasteiger partial charge in [0.1, 0.15) is 5.69 Å². The van der Waals surface area contributed by atoms with E-state index in [1.807, 2.05) is 30.3 Å². The number of nitrogens with one attached hydrogen (secondary N) is 1. The predicted octanol–water partition coefficient (Wildman–Crippen LogP) is 0.533. The van der Waals surface area contributed by atoms with Crippen molar-refractivity contribution >= 4 is 0 Å². The molecule has 0 aliphatic rings. The molecule has 2 aromatic heterocycles. The van der Waals surface area contributed by atoms with Crippen LogP contribution in [0.3, 0.4) is 0 Å². The van der Waals surface area contributed by atoms with Crippen LogP contribution in [0.5, 0.6) is 0 Å². The third-order valence-corrected chi connectivity index (χ3v) is 3.29. The van der Waals surface area contributed by atoms with Gasteiger partial charge in [-0.15, -0.1) is 5.10 Å². The number of benzene rings is 1. The summed E-state index contributed by atoms with van der Waals surface area (Å²) in [4.78, 5) is 25.4. The smallest absolute Gasteiger partial charge is 0.294 e. The third kappa shape index (κ3) is 3.03. The van der Waals surface area contributed by atoms with Gasteiger partial charge in [-0.3, -0.25) is 14.3 Å². The lowest BCUT2D eigenvalue weighted by Gasteiger charge is -2.02. The van der Waals surface area contributed by atoms with Crippen LogP contribution in [-0.2, 0) is 13.1 Å². The normalized spacial score (nSPS) is 10.8. The number of hydrogen-bond donors (Lipinski definition) is 1. The topological polar surface area (TPSA) is 85.6 Å². The molecule has 0 bridgehead atoms. The van der Waals surface area contributed by atoms with Crippen molar-refractivity contribution in [1.82, 2.24) is 24.5 Å². The molecule has 0 aliphatic heterocycles. The van der Waals surface area contributed by atoms with Crippen molar-refractivity contribution in [2.75, 3.05) is 0 Å². The molecule has 0 spiro atoms. The zero-order chi connectivity index (χ0) is 15.5. The van der Waals surface area contributed by atoms with E-state index in [1.54, 1.807) is 17.8 Å². The highest BCUT2D eigenvalue weighted by molar-refractivity contribution is 5.15. The van der Waals surface area contributed by atoms with Gasteiger partial charge in [-0.1, -0.05) is 35.5 Å². The Balaban J connectivity index is 1.79. The fraction of sp³-hybridized carbons (Fsp3) is 0.200. The van der Waals surface area contributed by atoms with Crippen LogP contribution >= 0.6 is 0 Å². The highest BCUT2D eigenvalue weighted by Crippen LogP contribution is 2.03. The summed E-state index contributed by atoms with van der Waals surface area (Å²) < 4.78 is 3.13. The Morgan fingerprint density at radius 1 is 1.09 bits per heavy atom. The summed E-state index contributed by atoms with van der Waals surface area (Å²) in [6.07, 6.45) is 3.32. The third-order valence-electron chi connectivity index (χ3n) is 3.29. The van der Waals surface area contributed by atoms with Crippen molar-refractivity contribution in [3.63, 3.8) is 0 Å². The fourth-order valence-electron chi connectivity index (χ4n) is 2.17. The lowest BCUT2D eigenvalue weighted by Crippen LogP contribution is -2.31. The SMILES string of the molecule is Cc1cn(Cc2cn(Cc3ccccc3)nn2)c(=O)[nH]c1=O. The molecule has 0 amide bonds. The van der Waals surface area contributed by atoms with Crippen LogP contribution in [0.2, 0.25) is 0 Å². The van der Waals surface area contributed by atoms with Gasteiger partial charge in [-0.2, -0.15) is 0 Å². The van der Waals surface area contributed by atoms with Gasteiger partial charge in [0.05, 0.1) is 19.3 Å². The Hall–Kier alpha value is -2.96. The second-order valence-electron chi connectivity index (χ2n) is 5.09. The number of hydrogen-bond acceptors (Lipinski definition) is 4. The Kier molecular flexibility index (Phi) is 3.69. The molecule has 7 nitrogen and oxygen atoms in total. The maximum atomic E-state index is 11.7. The first kappa shape index (κ1) is 14.0. The average molecular weight is 297 g/mol. The van der Waals surface area contributed by atoms with Gasteiger partial charge >= 0.3 is 5.69 Å². The lowest BCUT2D eigenvalue weighted by molar-refractivity contribution is 0.647. The molecule has 7 heteroatoms. The van der Waals surface area contributed by atoms with Crippen molar-refractivity contribution in [1.29, 1.82) is 0 Å². The molecule has 0 radical (unpaired) electrons. The first-order valence-corrected chi connectivity index (χ1v) is 6.85. The van der Waals surface area contributed by atoms with E-state index in [4.69, 9.17) is 0 Å². The molecular weight excluding hydrogens is 282 g/mol. The van der Waals surface area contributed by atoms with E-state index in [9.17, 15) is 9.59 Å². The summed E-state index contributed by atoms with van der Waals surface area (Å²) in [6, 6.07) is 9.92. The largest absolute Gasteiger partial charge is 0.328 e. The van der Waals surface area contributed by atoms with Crippen LogP contribution in [0, 0.1) is 6.92 Å². The molecule has 0 saturated carbocycles. The van der Waals surface area contributed by atoms with Gasteiger partial charge in [0.25, 0.3) is 5.56 Å². The van der Waals surface area contributed by atoms with Gasteiger partial charge in [0, 0.05) is 11.8 Å². The van der Waals surface area contributed by atoms with Crippen molar-refractivity contribution in [3.05, 3.63) is 80.4 Å². The number of rotatable bonds is 4. The number of aromatic nitrogens is 5. The monoisotopic (exact) mass is 297 g/mol. The second kappa shape index (κ2) is 5.80. The quantitative estimate of drug-likeness (QED) is 0.761. The van der Waals surface area contributed by atoms with E-state index in [-0.39, 0.29) is 12.1 Å². The number of nitrogens with zero attached hydrogens (tertiary/aromatic N) is 4. The minimum atomic E-state index is -0.451. The van der Waals surface area contributed by atoms with Crippen LogP contribution in [0.1, 0.15) is 16.8 Å². The summed E-state index contributed by atoms with van der Waals surface area (Å²) >= 11 is 0. The summed E-state index contributed by atoms with van der Waals surface area (Å²) in [7, 11) is 0. The molecule has 22 heavy (non-hydrogen) atoms. The Morgan fingerprint density at radius 2 is 1.86 bits per heavy atom. The standard InChI is InChI=1S/C15H15N5O2/c1-11-7-19(15(22)16-14(11)21)9-13-10-20(18-17-13)8-12-5-3-2-4-6-12/h2-7,10H,8-9H2,1H3,(H,16,21,22). The number of H-pyrrole nitrogens is 1. The first-order valence-electron chi connectivity index (χ1n) is 6.85. The summed E-state index contributed by atoms with van der Waals surface area (Å²) in [5.74, 6) is 0. The van der Waals surface area contributed by atoms with E-state index in [0.717, 1.165) is 5.56 Å². The highest BCUT2D eigenvalue weighted by Gasteiger charge is 2.06. The molecule has 0 atom stereocenters. The molecule has 0 saturated heterocycles. The Labute approximate surface area is 125 Å². The van der Waals surface area contributed by atoms with Gasteiger partial charge in [-0.05, 0) is 12.5 Å². The maximum absolute atomic E-state index is 11.7. The van der Waals surface area contributed by atoms with E-state index in [1.165, 1.54) is 10.8 Å². The Bertz CT molecular complexity index is 892. The van der Waals surface area contributed by atoms with Gasteiger partial charge < -0.3 is 0 Å². The zero-order valence-electron chi connectivity index (χ0n) is 12.1. The molecule has 1 N–H and O–H groups in total. The minimum Gasteiger partial charge on any atom is -0.294 e. The van der Waals surface area contributed by atoms with Gasteiger partial charge in [-0.25, -0.2) is 9.48 Å². The summed E-state index contributed by atoms with van der Waals surface area (Å²) in [5.41, 5.74) is 1.44. The van der Waals surface area contributed by atoms with Crippen LogP contribution < -0.4 is 11.2 Å². The molecule has 0 unspecified atom stereocenters. The molecule has 112 valence electrons. The average Bonchev–Trinajstić information content (AvgIpc) is 2.93. The van der Waals surface area contributed by atoms with Crippen LogP contribution in [0.15, 0.2) is 52.3 Å². The molecular formula is C15H15N5O2. The van der Waals surface area contributed by atoms with Crippen molar-refractivity contribution in [2.45, 2.75) is 20.0 Å². The molecule has 3 aromatic rings. The molecule has 0 fully saturated rings. The first-order chi connectivity index (χ1) is 10.6. The van der Waals surface area contributed by atoms with Crippen LogP contribution in [-0.4, -0.2) is 24.5 Å². The molecule has 2 heterocycles. The Morgan fingerprint density at radius 3 is 2.64 bits per heavy atom. The van der Waals surface area contributed by atoms with Crippen molar-refractivity contribution in [2.24, 2.45) is 0 Å². The number of aromatic amines is 1. The van der Waals surface area contributed by atoms with E-state index in [2.05, 4.69) is 15.3 Å². The second-order valence-corrected chi connectivity index (χ2v) is 5.09. The molecule has 3 rings (SSSR count). The lowest BCUT2D eigenvalue weighted by atomic mass is 10.2. The van der Waals surface area contributed by atoms with Crippen molar-refractivity contribution in [3.8, 4) is 0 Å². The van der Waals surface area contributed by atoms with Crippen LogP contribution in [0.4, 0.5) is 0 Å². The minimum absolute atomic E-state index is 0.269. The molecule has 1 aromatic carbocycles. The zero-order valence-corrected chi connectivity index (χ0v) is 12.1. The predicted molar refractivity (Wildman–Crippen MR) is 80.7 cm³/mol. The van der Waals surface area contributed by atoms with E-state index in [0.29, 0.717) is 17.8 Å². The van der Waals surface area contributed by atoms with Crippen molar-refractivity contribution < 1.29 is 0 Å². The van der Waals surface area contributed by atoms with Gasteiger partial charge in [0.2, 0.25) is 0 Å². The van der Waals surface area contributed by atoms with Gasteiger partial charge in [0.15, 0.2) is 0 Å². The summed E-state index contributed by atoms with van der Waals surface area (Å²) in [6.45, 7) is 2.54. The summed E-state index contributed by atoms with van der Waals surface area (Å²) in [5, 5.41) is 8.12. The van der Waals surface area contributed by atoms with E-state index < -0.39 is 5.69 Å². The van der Waals surface area contributed by atoms with Crippen LogP contribution in [0.25, 0.3) is 0 Å². The molecule has 0 aliphatic carbocycles. The maximum Gasteiger partial charge on any atom is 0.328 e. The van der Waals surface area contributed by atoms with E-state index >= 15 is 0 Å². The highest BCUT2D eigenvalue weighted by atomic mass is 16.2. The number of aryl methyl sites for hydroxylation is 1.